The average molecular weight is 709 g/mol. The standard InChI is InChI=1S/C38H39ClN6O4.C2H6/c1-3-34-31(35(43-29-13-15-49-16-14-29)32-22-42-45(4-2)36(32)44-34)21-41-38(48)28-10-6-9-27(19-28)37(47)40-20-24-11-12-33(39)30(18-24)26-8-5-7-25(17-26)23-46;1-2/h5-12,17-19,22-23,29H,3-4,13-16,20-21H2,1-2H3,(H,40,47)(H,41,48)(H,43,44);1-2H3. The maximum atomic E-state index is 13.5. The highest BCUT2D eigenvalue weighted by atomic mass is 35.5. The van der Waals surface area contributed by atoms with Gasteiger partial charge in [-0.15, -0.1) is 0 Å². The van der Waals surface area contributed by atoms with E-state index < -0.39 is 0 Å². The second kappa shape index (κ2) is 17.7. The van der Waals surface area contributed by atoms with E-state index in [-0.39, 0.29) is 30.9 Å². The maximum Gasteiger partial charge on any atom is 0.251 e. The van der Waals surface area contributed by atoms with Gasteiger partial charge in [-0.1, -0.05) is 62.7 Å². The van der Waals surface area contributed by atoms with Crippen molar-refractivity contribution in [2.75, 3.05) is 18.5 Å². The predicted octanol–water partition coefficient (Wildman–Crippen LogP) is 7.62. The third-order valence-electron chi connectivity index (χ3n) is 8.81. The topological polar surface area (TPSA) is 127 Å². The van der Waals surface area contributed by atoms with Crippen LogP contribution < -0.4 is 16.0 Å². The number of aldehydes is 1. The van der Waals surface area contributed by atoms with Crippen LogP contribution in [0.2, 0.25) is 5.02 Å². The fourth-order valence-corrected chi connectivity index (χ4v) is 6.37. The van der Waals surface area contributed by atoms with E-state index in [1.54, 1.807) is 48.5 Å². The van der Waals surface area contributed by atoms with Gasteiger partial charge in [-0.2, -0.15) is 5.10 Å². The maximum absolute atomic E-state index is 13.5. The molecule has 2 aromatic heterocycles. The molecule has 0 spiro atoms. The third-order valence-corrected chi connectivity index (χ3v) is 9.14. The summed E-state index contributed by atoms with van der Waals surface area (Å²) in [6, 6.07) is 19.6. The van der Waals surface area contributed by atoms with Crippen molar-refractivity contribution in [2.24, 2.45) is 0 Å². The van der Waals surface area contributed by atoms with Crippen molar-refractivity contribution in [3.8, 4) is 11.1 Å². The zero-order chi connectivity index (χ0) is 36.3. The number of amides is 2. The number of hydrogen-bond donors (Lipinski definition) is 3. The van der Waals surface area contributed by atoms with Crippen LogP contribution in [0.3, 0.4) is 0 Å². The lowest BCUT2D eigenvalue weighted by Crippen LogP contribution is -2.30. The van der Waals surface area contributed by atoms with Gasteiger partial charge in [0, 0.05) is 77.4 Å². The number of carbonyl (C=O) groups excluding carboxylic acids is 3. The fourth-order valence-electron chi connectivity index (χ4n) is 6.14. The van der Waals surface area contributed by atoms with E-state index in [0.717, 1.165) is 63.8 Å². The summed E-state index contributed by atoms with van der Waals surface area (Å²) < 4.78 is 7.47. The quantitative estimate of drug-likeness (QED) is 0.114. The monoisotopic (exact) mass is 708 g/mol. The Morgan fingerprint density at radius 2 is 1.65 bits per heavy atom. The first-order valence-electron chi connectivity index (χ1n) is 17.6. The Morgan fingerprint density at radius 1 is 0.941 bits per heavy atom. The van der Waals surface area contributed by atoms with E-state index in [0.29, 0.717) is 47.9 Å². The molecule has 0 aliphatic carbocycles. The molecule has 0 atom stereocenters. The SMILES string of the molecule is CC.CCc1nc2c(cnn2CC)c(NC2CCOCC2)c1CNC(=O)c1cccc(C(=O)NCc2ccc(Cl)c(-c3cccc(C=O)c3)c2)c1. The van der Waals surface area contributed by atoms with Crippen LogP contribution in [0.5, 0.6) is 0 Å². The summed E-state index contributed by atoms with van der Waals surface area (Å²) in [7, 11) is 0. The van der Waals surface area contributed by atoms with Gasteiger partial charge in [0.2, 0.25) is 0 Å². The number of rotatable bonds is 12. The highest BCUT2D eigenvalue weighted by molar-refractivity contribution is 6.33. The number of benzene rings is 3. The molecule has 51 heavy (non-hydrogen) atoms. The van der Waals surface area contributed by atoms with Crippen molar-refractivity contribution in [3.63, 3.8) is 0 Å². The number of nitrogens with zero attached hydrogens (tertiary/aromatic N) is 3. The second-order valence-electron chi connectivity index (χ2n) is 12.0. The van der Waals surface area contributed by atoms with E-state index in [1.165, 1.54) is 0 Å². The summed E-state index contributed by atoms with van der Waals surface area (Å²) in [6.07, 6.45) is 5.11. The molecule has 266 valence electrons. The molecular formula is C40H45ClN6O4. The lowest BCUT2D eigenvalue weighted by atomic mass is 10.0. The molecule has 0 unspecified atom stereocenters. The zero-order valence-electron chi connectivity index (χ0n) is 29.6. The number of nitrogens with one attached hydrogen (secondary N) is 3. The Hall–Kier alpha value is -5.06. The minimum absolute atomic E-state index is 0.242. The van der Waals surface area contributed by atoms with E-state index >= 15 is 0 Å². The number of ether oxygens (including phenoxy) is 1. The molecule has 6 rings (SSSR count). The number of aromatic nitrogens is 3. The van der Waals surface area contributed by atoms with Crippen LogP contribution >= 0.6 is 11.6 Å². The van der Waals surface area contributed by atoms with Crippen LogP contribution in [0.4, 0.5) is 5.69 Å². The predicted molar refractivity (Wildman–Crippen MR) is 202 cm³/mol. The van der Waals surface area contributed by atoms with Gasteiger partial charge in [-0.05, 0) is 73.7 Å². The molecule has 10 nitrogen and oxygen atoms in total. The number of pyridine rings is 1. The van der Waals surface area contributed by atoms with Crippen LogP contribution in [0.25, 0.3) is 22.2 Å². The molecule has 3 heterocycles. The van der Waals surface area contributed by atoms with Gasteiger partial charge in [-0.25, -0.2) is 9.67 Å². The zero-order valence-corrected chi connectivity index (χ0v) is 30.3. The van der Waals surface area contributed by atoms with Gasteiger partial charge in [0.05, 0.1) is 17.3 Å². The molecule has 0 bridgehead atoms. The van der Waals surface area contributed by atoms with Crippen molar-refractivity contribution in [1.29, 1.82) is 0 Å². The molecule has 5 aromatic rings. The molecule has 1 fully saturated rings. The first-order chi connectivity index (χ1) is 24.9. The van der Waals surface area contributed by atoms with Crippen molar-refractivity contribution >= 4 is 46.4 Å². The molecule has 3 N–H and O–H groups in total. The number of halogens is 1. The summed E-state index contributed by atoms with van der Waals surface area (Å²) in [5.41, 5.74) is 7.31. The molecular weight excluding hydrogens is 664 g/mol. The molecule has 1 aliphatic heterocycles. The van der Waals surface area contributed by atoms with E-state index in [4.69, 9.17) is 21.3 Å². The number of hydrogen-bond acceptors (Lipinski definition) is 7. The number of carbonyl (C=O) groups is 3. The number of aryl methyl sites for hydroxylation is 2. The lowest BCUT2D eigenvalue weighted by Gasteiger charge is -2.26. The van der Waals surface area contributed by atoms with Crippen molar-refractivity contribution in [3.05, 3.63) is 111 Å². The molecule has 11 heteroatoms. The molecule has 1 saturated heterocycles. The molecule has 0 saturated carbocycles. The molecule has 0 radical (unpaired) electrons. The largest absolute Gasteiger partial charge is 0.381 e. The molecule has 2 amide bonds. The fraction of sp³-hybridized carbons (Fsp3) is 0.325. The number of fused-ring (bicyclic) bond motifs is 1. The Bertz CT molecular complexity index is 2000. The molecule has 3 aromatic carbocycles. The normalized spacial score (nSPS) is 12.9. The van der Waals surface area contributed by atoms with Crippen molar-refractivity contribution in [1.82, 2.24) is 25.4 Å². The van der Waals surface area contributed by atoms with Gasteiger partial charge in [0.15, 0.2) is 5.65 Å². The van der Waals surface area contributed by atoms with E-state index in [2.05, 4.69) is 28.0 Å². The van der Waals surface area contributed by atoms with Crippen LogP contribution in [0.1, 0.15) is 88.4 Å². The summed E-state index contributed by atoms with van der Waals surface area (Å²) in [6.45, 7) is 10.7. The highest BCUT2D eigenvalue weighted by Crippen LogP contribution is 2.32. The van der Waals surface area contributed by atoms with E-state index in [1.807, 2.05) is 49.8 Å². The summed E-state index contributed by atoms with van der Waals surface area (Å²) >= 11 is 6.47. The van der Waals surface area contributed by atoms with Gasteiger partial charge >= 0.3 is 0 Å². The van der Waals surface area contributed by atoms with Gasteiger partial charge in [0.1, 0.15) is 6.29 Å². The summed E-state index contributed by atoms with van der Waals surface area (Å²) in [5.74, 6) is -0.606. The van der Waals surface area contributed by atoms with Gasteiger partial charge < -0.3 is 20.7 Å². The Morgan fingerprint density at radius 3 is 2.33 bits per heavy atom. The average Bonchev–Trinajstić information content (AvgIpc) is 3.60. The van der Waals surface area contributed by atoms with Crippen molar-refractivity contribution in [2.45, 2.75) is 72.6 Å². The van der Waals surface area contributed by atoms with Crippen LogP contribution in [-0.4, -0.2) is 52.1 Å². The molecule has 1 aliphatic rings. The van der Waals surface area contributed by atoms with Gasteiger partial charge in [-0.3, -0.25) is 14.4 Å². The Kier molecular flexibility index (Phi) is 12.9. The first-order valence-corrected chi connectivity index (χ1v) is 18.0. The summed E-state index contributed by atoms with van der Waals surface area (Å²) in [4.78, 5) is 42.9. The van der Waals surface area contributed by atoms with E-state index in [9.17, 15) is 14.4 Å². The minimum atomic E-state index is -0.312. The van der Waals surface area contributed by atoms with Crippen LogP contribution in [0, 0.1) is 0 Å². The summed E-state index contributed by atoms with van der Waals surface area (Å²) in [5, 5.41) is 15.8. The van der Waals surface area contributed by atoms with Crippen molar-refractivity contribution < 1.29 is 19.1 Å². The third kappa shape index (κ3) is 8.82. The number of anilines is 1. The lowest BCUT2D eigenvalue weighted by molar-refractivity contribution is 0.0904. The first kappa shape index (κ1) is 37.2. The second-order valence-corrected chi connectivity index (χ2v) is 12.4. The Balaban J connectivity index is 0.00000248. The van der Waals surface area contributed by atoms with Crippen LogP contribution in [-0.2, 0) is 30.8 Å². The van der Waals surface area contributed by atoms with Gasteiger partial charge in [0.25, 0.3) is 11.8 Å². The minimum Gasteiger partial charge on any atom is -0.381 e. The highest BCUT2D eigenvalue weighted by Gasteiger charge is 2.22. The Labute approximate surface area is 304 Å². The van der Waals surface area contributed by atoms with Crippen LogP contribution in [0.15, 0.2) is 72.9 Å². The smallest absolute Gasteiger partial charge is 0.251 e.